The molecule has 0 radical (unpaired) electrons. The number of aryl methyl sites for hydroxylation is 2. The van der Waals surface area contributed by atoms with E-state index < -0.39 is 17.4 Å². The van der Waals surface area contributed by atoms with Crippen LogP contribution in [0.25, 0.3) is 0 Å². The lowest BCUT2D eigenvalue weighted by atomic mass is 9.88. The normalized spacial score (nSPS) is 12.0. The van der Waals surface area contributed by atoms with Crippen LogP contribution in [0.3, 0.4) is 0 Å². The molecule has 0 saturated carbocycles. The van der Waals surface area contributed by atoms with E-state index in [0.717, 1.165) is 5.82 Å². The third kappa shape index (κ3) is 4.31. The largest absolute Gasteiger partial charge is 0.507 e. The number of aliphatic carboxylic acids is 1. The molecule has 1 atom stereocenters. The zero-order valence-electron chi connectivity index (χ0n) is 16.5. The Kier molecular flexibility index (Phi) is 5.72. The minimum atomic E-state index is -1.06. The van der Waals surface area contributed by atoms with E-state index in [4.69, 9.17) is 4.74 Å². The highest BCUT2D eigenvalue weighted by atomic mass is 16.5. The number of ether oxygens (including phenoxy) is 1. The molecule has 0 aliphatic carbocycles. The van der Waals surface area contributed by atoms with Crippen molar-refractivity contribution in [1.29, 1.82) is 0 Å². The van der Waals surface area contributed by atoms with Gasteiger partial charge < -0.3 is 24.1 Å². The monoisotopic (exact) mass is 397 g/mol. The van der Waals surface area contributed by atoms with Gasteiger partial charge in [-0.15, -0.1) is 0 Å². The second-order valence-corrected chi connectivity index (χ2v) is 6.91. The molecule has 0 saturated heterocycles. The van der Waals surface area contributed by atoms with Gasteiger partial charge in [-0.2, -0.15) is 0 Å². The van der Waals surface area contributed by atoms with Gasteiger partial charge in [0, 0.05) is 38.1 Å². The lowest BCUT2D eigenvalue weighted by molar-refractivity contribution is -0.137. The summed E-state index contributed by atoms with van der Waals surface area (Å²) < 4.78 is 8.97. The predicted molar refractivity (Wildman–Crippen MR) is 106 cm³/mol. The fourth-order valence-corrected chi connectivity index (χ4v) is 3.19. The molecule has 0 aliphatic heterocycles. The maximum absolute atomic E-state index is 12.7. The van der Waals surface area contributed by atoms with Gasteiger partial charge in [-0.3, -0.25) is 9.59 Å². The van der Waals surface area contributed by atoms with Crippen LogP contribution in [0.1, 0.15) is 35.0 Å². The first kappa shape index (κ1) is 20.2. The predicted octanol–water partition coefficient (Wildman–Crippen LogP) is 2.32. The van der Waals surface area contributed by atoms with E-state index in [0.29, 0.717) is 23.6 Å². The number of pyridine rings is 1. The lowest BCUT2D eigenvalue weighted by Gasteiger charge is -2.19. The number of aromatic nitrogens is 3. The number of rotatable bonds is 7. The number of hydrogen-bond donors (Lipinski definition) is 2. The molecule has 3 rings (SSSR count). The summed E-state index contributed by atoms with van der Waals surface area (Å²) in [5, 5.41) is 19.7. The molecule has 152 valence electrons. The summed E-state index contributed by atoms with van der Waals surface area (Å²) in [5.74, 6) is -0.688. The van der Waals surface area contributed by atoms with Crippen molar-refractivity contribution in [3.05, 3.63) is 75.7 Å². The molecule has 29 heavy (non-hydrogen) atoms. The number of nitrogens with zero attached hydrogens (tertiary/aromatic N) is 3. The van der Waals surface area contributed by atoms with Gasteiger partial charge in [-0.1, -0.05) is 12.1 Å². The van der Waals surface area contributed by atoms with Crippen LogP contribution in [0.4, 0.5) is 0 Å². The van der Waals surface area contributed by atoms with Crippen molar-refractivity contribution in [2.75, 3.05) is 0 Å². The van der Waals surface area contributed by atoms with Crippen LogP contribution in [0, 0.1) is 6.92 Å². The summed E-state index contributed by atoms with van der Waals surface area (Å²) in [4.78, 5) is 28.3. The average Bonchev–Trinajstić information content (AvgIpc) is 3.09. The molecule has 2 N–H and O–H groups in total. The highest BCUT2D eigenvalue weighted by Gasteiger charge is 2.25. The van der Waals surface area contributed by atoms with Crippen LogP contribution in [0.15, 0.2) is 47.5 Å². The Balaban J connectivity index is 1.90. The fourth-order valence-electron chi connectivity index (χ4n) is 3.19. The highest BCUT2D eigenvalue weighted by Crippen LogP contribution is 2.33. The number of carboxylic acid groups (broad SMARTS) is 1. The molecule has 8 nitrogen and oxygen atoms in total. The van der Waals surface area contributed by atoms with E-state index in [1.807, 2.05) is 17.8 Å². The van der Waals surface area contributed by atoms with Gasteiger partial charge in [0.1, 0.15) is 23.9 Å². The molecule has 2 heterocycles. The Hall–Kier alpha value is -3.55. The molecule has 0 amide bonds. The summed E-state index contributed by atoms with van der Waals surface area (Å²) in [5.41, 5.74) is 0.849. The van der Waals surface area contributed by atoms with Gasteiger partial charge in [0.05, 0.1) is 12.0 Å². The average molecular weight is 397 g/mol. The smallest absolute Gasteiger partial charge is 0.304 e. The lowest BCUT2D eigenvalue weighted by Crippen LogP contribution is -2.26. The Morgan fingerprint density at radius 3 is 2.52 bits per heavy atom. The van der Waals surface area contributed by atoms with Crippen LogP contribution < -0.4 is 10.3 Å². The van der Waals surface area contributed by atoms with Crippen molar-refractivity contribution in [2.24, 2.45) is 14.1 Å². The van der Waals surface area contributed by atoms with Crippen molar-refractivity contribution in [2.45, 2.75) is 25.9 Å². The standard InChI is InChI=1S/C21H23N3O5/c1-13-10-17(25)20(21(28)24(13)3)16(11-19(26)27)14-4-6-15(7-5-14)29-12-18-22-8-9-23(18)2/h4-10,16,25H,11-12H2,1-3H3,(H,26,27)/t16-/m0/s1. The van der Waals surface area contributed by atoms with Gasteiger partial charge >= 0.3 is 5.97 Å². The zero-order valence-corrected chi connectivity index (χ0v) is 16.5. The molecule has 0 fully saturated rings. The van der Waals surface area contributed by atoms with Crippen molar-refractivity contribution < 1.29 is 19.7 Å². The summed E-state index contributed by atoms with van der Waals surface area (Å²) in [6, 6.07) is 8.31. The number of aromatic hydroxyl groups is 1. The fraction of sp³-hybridized carbons (Fsp3) is 0.286. The Morgan fingerprint density at radius 2 is 1.93 bits per heavy atom. The Bertz CT molecular complexity index is 1080. The van der Waals surface area contributed by atoms with E-state index in [-0.39, 0.29) is 17.7 Å². The van der Waals surface area contributed by atoms with Gasteiger partial charge in [0.15, 0.2) is 0 Å². The second kappa shape index (κ2) is 8.22. The van der Waals surface area contributed by atoms with Gasteiger partial charge in [-0.25, -0.2) is 4.98 Å². The van der Waals surface area contributed by atoms with Gasteiger partial charge in [0.25, 0.3) is 5.56 Å². The minimum Gasteiger partial charge on any atom is -0.507 e. The maximum atomic E-state index is 12.7. The van der Waals surface area contributed by atoms with Crippen LogP contribution in [0.2, 0.25) is 0 Å². The van der Waals surface area contributed by atoms with E-state index in [9.17, 15) is 19.8 Å². The molecular weight excluding hydrogens is 374 g/mol. The molecule has 1 aromatic carbocycles. The van der Waals surface area contributed by atoms with Gasteiger partial charge in [0.2, 0.25) is 0 Å². The van der Waals surface area contributed by atoms with Crippen LogP contribution in [-0.2, 0) is 25.5 Å². The number of carboxylic acids is 1. The summed E-state index contributed by atoms with van der Waals surface area (Å²) in [6.45, 7) is 1.99. The summed E-state index contributed by atoms with van der Waals surface area (Å²) in [7, 11) is 3.47. The van der Waals surface area contributed by atoms with E-state index in [1.54, 1.807) is 44.4 Å². The highest BCUT2D eigenvalue weighted by molar-refractivity contribution is 5.69. The van der Waals surface area contributed by atoms with Crippen LogP contribution in [-0.4, -0.2) is 30.3 Å². The second-order valence-electron chi connectivity index (χ2n) is 6.91. The molecule has 0 aliphatic rings. The Morgan fingerprint density at radius 1 is 1.24 bits per heavy atom. The first-order valence-electron chi connectivity index (χ1n) is 9.08. The van der Waals surface area contributed by atoms with Gasteiger partial charge in [-0.05, 0) is 30.7 Å². The number of carbonyl (C=O) groups is 1. The molecule has 0 unspecified atom stereocenters. The molecule has 2 aromatic heterocycles. The first-order valence-corrected chi connectivity index (χ1v) is 9.08. The molecular formula is C21H23N3O5. The molecule has 0 bridgehead atoms. The Labute approximate surface area is 167 Å². The SMILES string of the molecule is Cc1cc(O)c([C@@H](CC(=O)O)c2ccc(OCc3nccn3C)cc2)c(=O)n1C. The van der Waals surface area contributed by atoms with E-state index in [2.05, 4.69) is 4.98 Å². The first-order chi connectivity index (χ1) is 13.8. The number of benzene rings is 1. The third-order valence-electron chi connectivity index (χ3n) is 4.98. The summed E-state index contributed by atoms with van der Waals surface area (Å²) in [6.07, 6.45) is 3.19. The minimum absolute atomic E-state index is 0.0715. The van der Waals surface area contributed by atoms with E-state index in [1.165, 1.54) is 10.6 Å². The molecule has 3 aromatic rings. The molecule has 0 spiro atoms. The number of hydrogen-bond acceptors (Lipinski definition) is 5. The maximum Gasteiger partial charge on any atom is 0.304 e. The quantitative estimate of drug-likeness (QED) is 0.634. The van der Waals surface area contributed by atoms with Crippen molar-refractivity contribution >= 4 is 5.97 Å². The zero-order chi connectivity index (χ0) is 21.1. The van der Waals surface area contributed by atoms with Crippen LogP contribution in [0.5, 0.6) is 11.5 Å². The van der Waals surface area contributed by atoms with Crippen molar-refractivity contribution in [3.8, 4) is 11.5 Å². The van der Waals surface area contributed by atoms with Crippen molar-refractivity contribution in [1.82, 2.24) is 14.1 Å². The van der Waals surface area contributed by atoms with E-state index >= 15 is 0 Å². The van der Waals surface area contributed by atoms with Crippen LogP contribution >= 0.6 is 0 Å². The third-order valence-corrected chi connectivity index (χ3v) is 4.98. The summed E-state index contributed by atoms with van der Waals surface area (Å²) >= 11 is 0. The van der Waals surface area contributed by atoms with Crippen molar-refractivity contribution in [3.63, 3.8) is 0 Å². The number of imidazole rings is 1. The molecule has 8 heteroatoms. The topological polar surface area (TPSA) is 107 Å².